The molecule has 32 heavy (non-hydrogen) atoms. The second-order valence-corrected chi connectivity index (χ2v) is 10.9. The van der Waals surface area contributed by atoms with E-state index in [4.69, 9.17) is 11.6 Å². The van der Waals surface area contributed by atoms with Crippen LogP contribution in [-0.2, 0) is 10.0 Å². The minimum absolute atomic E-state index is 0.0298. The van der Waals surface area contributed by atoms with Crippen molar-refractivity contribution in [3.63, 3.8) is 0 Å². The van der Waals surface area contributed by atoms with Crippen LogP contribution in [0.15, 0.2) is 17.2 Å². The molecule has 4 rings (SSSR count). The average Bonchev–Trinajstić information content (AvgIpc) is 3.29. The maximum Gasteiger partial charge on any atom is 0.291 e. The molecule has 1 saturated carbocycles. The lowest BCUT2D eigenvalue weighted by molar-refractivity contribution is 0.0880. The number of nitrogens with zero attached hydrogens (tertiary/aromatic N) is 4. The summed E-state index contributed by atoms with van der Waals surface area (Å²) in [6.07, 6.45) is -2.89. The van der Waals surface area contributed by atoms with Crippen LogP contribution in [0.3, 0.4) is 0 Å². The van der Waals surface area contributed by atoms with E-state index in [9.17, 15) is 26.0 Å². The molecule has 174 valence electrons. The molecule has 3 aromatic rings. The highest BCUT2D eigenvalue weighted by Gasteiger charge is 2.34. The highest BCUT2D eigenvalue weighted by molar-refractivity contribution is 7.89. The lowest BCUT2D eigenvalue weighted by Crippen LogP contribution is -2.43. The highest BCUT2D eigenvalue weighted by atomic mass is 35.5. The molecule has 1 fully saturated rings. The first kappa shape index (κ1) is 23.3. The molecule has 0 unspecified atom stereocenters. The van der Waals surface area contributed by atoms with Crippen LogP contribution in [0.1, 0.15) is 49.7 Å². The van der Waals surface area contributed by atoms with Gasteiger partial charge in [0.2, 0.25) is 10.0 Å². The van der Waals surface area contributed by atoms with Gasteiger partial charge in [-0.05, 0) is 24.8 Å². The molecule has 1 aliphatic carbocycles. The number of nitrogens with one attached hydrogen (secondary N) is 1. The van der Waals surface area contributed by atoms with Crippen molar-refractivity contribution in [3.05, 3.63) is 28.0 Å². The summed E-state index contributed by atoms with van der Waals surface area (Å²) in [5, 5.41) is 6.97. The molecule has 0 bridgehead atoms. The van der Waals surface area contributed by atoms with Gasteiger partial charge in [-0.1, -0.05) is 36.8 Å². The maximum absolute atomic E-state index is 13.3. The van der Waals surface area contributed by atoms with Gasteiger partial charge in [0.1, 0.15) is 10.6 Å². The van der Waals surface area contributed by atoms with Crippen molar-refractivity contribution in [2.75, 3.05) is 0 Å². The lowest BCUT2D eigenvalue weighted by atomic mass is 10.1. The first-order chi connectivity index (χ1) is 15.0. The van der Waals surface area contributed by atoms with E-state index in [1.807, 2.05) is 4.72 Å². The summed E-state index contributed by atoms with van der Waals surface area (Å²) in [7, 11) is -4.38. The van der Waals surface area contributed by atoms with Crippen LogP contribution in [0.2, 0.25) is 5.02 Å². The van der Waals surface area contributed by atoms with Gasteiger partial charge in [-0.25, -0.2) is 35.7 Å². The Balaban J connectivity index is 1.86. The van der Waals surface area contributed by atoms with Gasteiger partial charge >= 0.3 is 0 Å². The number of halogens is 5. The van der Waals surface area contributed by atoms with Crippen molar-refractivity contribution in [2.24, 2.45) is 5.92 Å². The molecule has 14 heteroatoms. The Morgan fingerprint density at radius 1 is 1.22 bits per heavy atom. The first-order valence-electron chi connectivity index (χ1n) is 9.63. The summed E-state index contributed by atoms with van der Waals surface area (Å²) < 4.78 is 81.9. The molecule has 1 aliphatic rings. The summed E-state index contributed by atoms with van der Waals surface area (Å²) in [5.74, 6) is -0.606. The topological polar surface area (TPSA) is 89.2 Å². The Morgan fingerprint density at radius 3 is 2.44 bits per heavy atom. The van der Waals surface area contributed by atoms with Crippen molar-refractivity contribution in [3.8, 4) is 10.7 Å². The summed E-state index contributed by atoms with van der Waals surface area (Å²) in [6.45, 7) is 2.95. The van der Waals surface area contributed by atoms with E-state index in [1.54, 1.807) is 0 Å². The Hall–Kier alpha value is -1.83. The zero-order valence-electron chi connectivity index (χ0n) is 16.8. The van der Waals surface area contributed by atoms with Gasteiger partial charge in [-0.2, -0.15) is 0 Å². The number of alkyl halides is 4. The number of aromatic nitrogens is 4. The number of sulfonamides is 1. The molecule has 0 saturated heterocycles. The van der Waals surface area contributed by atoms with Crippen LogP contribution in [0.25, 0.3) is 16.3 Å². The van der Waals surface area contributed by atoms with Gasteiger partial charge in [0, 0.05) is 12.1 Å². The second kappa shape index (κ2) is 8.50. The third-order valence-corrected chi connectivity index (χ3v) is 7.70. The van der Waals surface area contributed by atoms with Crippen LogP contribution < -0.4 is 4.72 Å². The fraction of sp³-hybridized carbons (Fsp3) is 0.500. The van der Waals surface area contributed by atoms with E-state index in [-0.39, 0.29) is 26.5 Å². The van der Waals surface area contributed by atoms with Crippen LogP contribution in [0, 0.1) is 5.92 Å². The standard InChI is InChI=1S/C18H18ClF4N5O2S2/c1-7(2)11(14(20)21)27-32(29,30)9-5-10(19)16-24-12(8-3-4-8)13(28(16)6-9)17-25-26-18(31-17)15(22)23/h5-8,11,14-15,27H,3-4H2,1-2H3/t11-/m1/s1. The van der Waals surface area contributed by atoms with Gasteiger partial charge in [0.25, 0.3) is 12.9 Å². The molecule has 0 spiro atoms. The molecule has 1 atom stereocenters. The van der Waals surface area contributed by atoms with Crippen LogP contribution >= 0.6 is 22.9 Å². The van der Waals surface area contributed by atoms with Gasteiger partial charge in [0.15, 0.2) is 15.7 Å². The molecule has 3 heterocycles. The largest absolute Gasteiger partial charge is 0.295 e. The summed E-state index contributed by atoms with van der Waals surface area (Å²) in [5.41, 5.74) is 1.09. The Labute approximate surface area is 189 Å². The van der Waals surface area contributed by atoms with Gasteiger partial charge in [-0.15, -0.1) is 10.2 Å². The molecular weight excluding hydrogens is 494 g/mol. The molecule has 0 radical (unpaired) electrons. The number of rotatable bonds is 8. The summed E-state index contributed by atoms with van der Waals surface area (Å²) in [6, 6.07) is -0.476. The second-order valence-electron chi connectivity index (χ2n) is 7.81. The van der Waals surface area contributed by atoms with Gasteiger partial charge < -0.3 is 0 Å². The quantitative estimate of drug-likeness (QED) is 0.435. The van der Waals surface area contributed by atoms with E-state index in [0.717, 1.165) is 18.9 Å². The first-order valence-corrected chi connectivity index (χ1v) is 12.3. The van der Waals surface area contributed by atoms with E-state index in [2.05, 4.69) is 15.2 Å². The SMILES string of the molecule is CC(C)[C@@H](NS(=O)(=O)c1cc(Cl)c2nc(C3CC3)c(-c3nnc(C(F)F)s3)n2c1)C(F)F. The maximum atomic E-state index is 13.3. The third kappa shape index (κ3) is 4.35. The van der Waals surface area contributed by atoms with E-state index < -0.39 is 39.8 Å². The van der Waals surface area contributed by atoms with Crippen molar-refractivity contribution in [1.29, 1.82) is 0 Å². The van der Waals surface area contributed by atoms with Gasteiger partial charge in [0.05, 0.1) is 16.8 Å². The van der Waals surface area contributed by atoms with Crippen LogP contribution in [0.4, 0.5) is 17.6 Å². The minimum atomic E-state index is -4.38. The normalized spacial score (nSPS) is 16.1. The highest BCUT2D eigenvalue weighted by Crippen LogP contribution is 2.46. The predicted molar refractivity (Wildman–Crippen MR) is 111 cm³/mol. The Kier molecular flexibility index (Phi) is 6.20. The zero-order valence-corrected chi connectivity index (χ0v) is 19.2. The van der Waals surface area contributed by atoms with Crippen molar-refractivity contribution in [1.82, 2.24) is 24.3 Å². The van der Waals surface area contributed by atoms with Crippen LogP contribution in [-0.4, -0.2) is 40.5 Å². The van der Waals surface area contributed by atoms with E-state index in [1.165, 1.54) is 24.4 Å². The fourth-order valence-electron chi connectivity index (χ4n) is 3.24. The molecule has 0 aliphatic heterocycles. The summed E-state index contributed by atoms with van der Waals surface area (Å²) >= 11 is 6.98. The number of hydrogen-bond acceptors (Lipinski definition) is 6. The number of fused-ring (bicyclic) bond motifs is 1. The van der Waals surface area contributed by atoms with Gasteiger partial charge in [-0.3, -0.25) is 4.40 Å². The van der Waals surface area contributed by atoms with E-state index >= 15 is 0 Å². The Morgan fingerprint density at radius 2 is 1.91 bits per heavy atom. The number of imidazole rings is 1. The van der Waals surface area contributed by atoms with Crippen molar-refractivity contribution >= 4 is 38.6 Å². The third-order valence-electron chi connectivity index (χ3n) is 5.06. The molecule has 3 aromatic heterocycles. The number of hydrogen-bond donors (Lipinski definition) is 1. The number of pyridine rings is 1. The predicted octanol–water partition coefficient (Wildman–Crippen LogP) is 4.89. The fourth-order valence-corrected chi connectivity index (χ4v) is 5.70. The summed E-state index contributed by atoms with van der Waals surface area (Å²) in [4.78, 5) is 4.13. The Bertz CT molecular complexity index is 1250. The van der Waals surface area contributed by atoms with Crippen molar-refractivity contribution < 1.29 is 26.0 Å². The monoisotopic (exact) mass is 511 g/mol. The van der Waals surface area contributed by atoms with E-state index in [0.29, 0.717) is 22.7 Å². The molecule has 0 amide bonds. The average molecular weight is 512 g/mol. The van der Waals surface area contributed by atoms with Crippen LogP contribution in [0.5, 0.6) is 0 Å². The smallest absolute Gasteiger partial charge is 0.291 e. The lowest BCUT2D eigenvalue weighted by Gasteiger charge is -2.21. The minimum Gasteiger partial charge on any atom is -0.295 e. The molecule has 0 aromatic carbocycles. The van der Waals surface area contributed by atoms with Crippen molar-refractivity contribution in [2.45, 2.75) is 56.4 Å². The zero-order chi connectivity index (χ0) is 23.4. The molecule has 1 N–H and O–H groups in total. The molecule has 7 nitrogen and oxygen atoms in total. The molecular formula is C18H18ClF4N5O2S2.